The molecule has 0 aliphatic heterocycles. The maximum atomic E-state index is 10.1. The summed E-state index contributed by atoms with van der Waals surface area (Å²) in [6, 6.07) is 6.09. The summed E-state index contributed by atoms with van der Waals surface area (Å²) in [5, 5.41) is 16.7. The van der Waals surface area contributed by atoms with Gasteiger partial charge in [0.15, 0.2) is 0 Å². The van der Waals surface area contributed by atoms with Gasteiger partial charge in [-0.25, -0.2) is 4.98 Å². The molecule has 0 bridgehead atoms. The molecule has 0 aromatic carbocycles. The van der Waals surface area contributed by atoms with E-state index in [0.717, 1.165) is 12.2 Å². The highest BCUT2D eigenvalue weighted by atomic mass is 16.3. The minimum Gasteiger partial charge on any atom is -0.385 e. The Bertz CT molecular complexity index is 387. The lowest BCUT2D eigenvalue weighted by molar-refractivity contribution is 0.159. The molecule has 4 heteroatoms. The summed E-state index contributed by atoms with van der Waals surface area (Å²) in [5.41, 5.74) is 0.693. The monoisotopic (exact) mass is 265 g/mol. The van der Waals surface area contributed by atoms with Gasteiger partial charge in [-0.1, -0.05) is 13.0 Å². The van der Waals surface area contributed by atoms with Crippen LogP contribution in [0, 0.1) is 0 Å². The van der Waals surface area contributed by atoms with Crippen LogP contribution in [0.2, 0.25) is 0 Å². The second-order valence-electron chi connectivity index (χ2n) is 6.05. The Labute approximate surface area is 116 Å². The number of aromatic nitrogens is 1. The molecule has 4 nitrogen and oxygen atoms in total. The molecule has 0 saturated carbocycles. The fourth-order valence-corrected chi connectivity index (χ4v) is 1.58. The summed E-state index contributed by atoms with van der Waals surface area (Å²) in [6.07, 6.45) is 0.456. The molecule has 1 aromatic rings. The van der Waals surface area contributed by atoms with Crippen molar-refractivity contribution in [1.29, 1.82) is 0 Å². The number of aliphatic hydroxyl groups excluding tert-OH is 1. The highest BCUT2D eigenvalue weighted by Gasteiger charge is 2.14. The molecule has 2 unspecified atom stereocenters. The number of β-amino-alcohol motifs (C(OH)–C–C–N with tert-alkyl or cyclic N) is 1. The van der Waals surface area contributed by atoms with E-state index >= 15 is 0 Å². The van der Waals surface area contributed by atoms with Crippen molar-refractivity contribution in [3.8, 4) is 0 Å². The standard InChI is InChI=1S/C15H27N3O/c1-6-11(2)17-14-9-7-8-12(18-14)13(19)10-16-15(3,4)5/h7-9,11,13,16,19H,6,10H2,1-5H3,(H,17,18). The summed E-state index contributed by atoms with van der Waals surface area (Å²) in [4.78, 5) is 4.46. The zero-order valence-electron chi connectivity index (χ0n) is 12.7. The molecule has 0 fully saturated rings. The van der Waals surface area contributed by atoms with Crippen LogP contribution in [0.5, 0.6) is 0 Å². The number of rotatable bonds is 6. The van der Waals surface area contributed by atoms with Gasteiger partial charge in [-0.3, -0.25) is 0 Å². The Hall–Kier alpha value is -1.13. The number of nitrogens with zero attached hydrogens (tertiary/aromatic N) is 1. The molecule has 1 heterocycles. The zero-order chi connectivity index (χ0) is 14.5. The van der Waals surface area contributed by atoms with Crippen LogP contribution < -0.4 is 10.6 Å². The first-order valence-electron chi connectivity index (χ1n) is 6.98. The summed E-state index contributed by atoms with van der Waals surface area (Å²) in [6.45, 7) is 11.0. The van der Waals surface area contributed by atoms with E-state index in [1.807, 2.05) is 18.2 Å². The quantitative estimate of drug-likeness (QED) is 0.740. The summed E-state index contributed by atoms with van der Waals surface area (Å²) < 4.78 is 0. The lowest BCUT2D eigenvalue weighted by Gasteiger charge is -2.23. The molecule has 0 aliphatic carbocycles. The van der Waals surface area contributed by atoms with Gasteiger partial charge in [0.25, 0.3) is 0 Å². The number of pyridine rings is 1. The molecule has 1 rings (SSSR count). The van der Waals surface area contributed by atoms with E-state index in [1.54, 1.807) is 0 Å². The van der Waals surface area contributed by atoms with Gasteiger partial charge in [0.2, 0.25) is 0 Å². The lowest BCUT2D eigenvalue weighted by atomic mass is 10.1. The third-order valence-electron chi connectivity index (χ3n) is 2.94. The van der Waals surface area contributed by atoms with Crippen LogP contribution in [0.15, 0.2) is 18.2 Å². The third-order valence-corrected chi connectivity index (χ3v) is 2.94. The van der Waals surface area contributed by atoms with E-state index in [2.05, 4.69) is 50.2 Å². The zero-order valence-corrected chi connectivity index (χ0v) is 12.7. The average molecular weight is 265 g/mol. The first kappa shape index (κ1) is 15.9. The van der Waals surface area contributed by atoms with Gasteiger partial charge in [-0.15, -0.1) is 0 Å². The van der Waals surface area contributed by atoms with Gasteiger partial charge in [0.1, 0.15) is 11.9 Å². The van der Waals surface area contributed by atoms with E-state index in [4.69, 9.17) is 0 Å². The van der Waals surface area contributed by atoms with Crippen LogP contribution >= 0.6 is 0 Å². The fraction of sp³-hybridized carbons (Fsp3) is 0.667. The summed E-state index contributed by atoms with van der Waals surface area (Å²) >= 11 is 0. The smallest absolute Gasteiger partial charge is 0.126 e. The molecular weight excluding hydrogens is 238 g/mol. The molecular formula is C15H27N3O. The Kier molecular flexibility index (Phi) is 5.76. The number of hydrogen-bond donors (Lipinski definition) is 3. The molecule has 0 spiro atoms. The van der Waals surface area contributed by atoms with Crippen LogP contribution in [-0.2, 0) is 0 Å². The Morgan fingerprint density at radius 3 is 2.58 bits per heavy atom. The first-order valence-corrected chi connectivity index (χ1v) is 6.98. The molecule has 0 amide bonds. The van der Waals surface area contributed by atoms with Crippen molar-refractivity contribution >= 4 is 5.82 Å². The Morgan fingerprint density at radius 2 is 2.00 bits per heavy atom. The average Bonchev–Trinajstić information content (AvgIpc) is 2.35. The number of aliphatic hydroxyl groups is 1. The normalized spacial score (nSPS) is 15.1. The lowest BCUT2D eigenvalue weighted by Crippen LogP contribution is -2.38. The van der Waals surface area contributed by atoms with Gasteiger partial charge in [0.05, 0.1) is 5.69 Å². The molecule has 0 radical (unpaired) electrons. The SMILES string of the molecule is CCC(C)Nc1cccc(C(O)CNC(C)(C)C)n1. The predicted octanol–water partition coefficient (Wildman–Crippen LogP) is 2.71. The topological polar surface area (TPSA) is 57.2 Å². The first-order chi connectivity index (χ1) is 8.81. The predicted molar refractivity (Wildman–Crippen MR) is 80.3 cm³/mol. The van der Waals surface area contributed by atoms with Crippen LogP contribution in [0.3, 0.4) is 0 Å². The largest absolute Gasteiger partial charge is 0.385 e. The number of anilines is 1. The van der Waals surface area contributed by atoms with Crippen molar-refractivity contribution in [3.63, 3.8) is 0 Å². The molecule has 2 atom stereocenters. The van der Waals surface area contributed by atoms with Crippen LogP contribution in [0.4, 0.5) is 5.82 Å². The maximum absolute atomic E-state index is 10.1. The van der Waals surface area contributed by atoms with Gasteiger partial charge in [-0.05, 0) is 46.2 Å². The van der Waals surface area contributed by atoms with Crippen molar-refractivity contribution in [1.82, 2.24) is 10.3 Å². The Balaban J connectivity index is 2.65. The molecule has 108 valence electrons. The van der Waals surface area contributed by atoms with Crippen LogP contribution in [0.25, 0.3) is 0 Å². The second kappa shape index (κ2) is 6.87. The van der Waals surface area contributed by atoms with Crippen molar-refractivity contribution in [2.24, 2.45) is 0 Å². The highest BCUT2D eigenvalue weighted by Crippen LogP contribution is 2.14. The van der Waals surface area contributed by atoms with Crippen molar-refractivity contribution < 1.29 is 5.11 Å². The van der Waals surface area contributed by atoms with Gasteiger partial charge < -0.3 is 15.7 Å². The van der Waals surface area contributed by atoms with Gasteiger partial charge in [0, 0.05) is 18.1 Å². The maximum Gasteiger partial charge on any atom is 0.126 e. The number of nitrogens with one attached hydrogen (secondary N) is 2. The molecule has 0 saturated heterocycles. The molecule has 0 aliphatic rings. The van der Waals surface area contributed by atoms with E-state index < -0.39 is 6.10 Å². The Morgan fingerprint density at radius 1 is 1.32 bits per heavy atom. The van der Waals surface area contributed by atoms with Crippen LogP contribution in [-0.4, -0.2) is 28.2 Å². The van der Waals surface area contributed by atoms with E-state index in [9.17, 15) is 5.11 Å². The van der Waals surface area contributed by atoms with Gasteiger partial charge >= 0.3 is 0 Å². The second-order valence-corrected chi connectivity index (χ2v) is 6.05. The van der Waals surface area contributed by atoms with Crippen molar-refractivity contribution in [3.05, 3.63) is 23.9 Å². The van der Waals surface area contributed by atoms with Crippen molar-refractivity contribution in [2.75, 3.05) is 11.9 Å². The highest BCUT2D eigenvalue weighted by molar-refractivity contribution is 5.36. The van der Waals surface area contributed by atoms with E-state index in [1.165, 1.54) is 0 Å². The summed E-state index contributed by atoms with van der Waals surface area (Å²) in [5.74, 6) is 0.821. The fourth-order valence-electron chi connectivity index (χ4n) is 1.58. The van der Waals surface area contributed by atoms with E-state index in [-0.39, 0.29) is 5.54 Å². The molecule has 1 aromatic heterocycles. The molecule has 19 heavy (non-hydrogen) atoms. The van der Waals surface area contributed by atoms with Crippen molar-refractivity contribution in [2.45, 2.75) is 58.7 Å². The minimum absolute atomic E-state index is 0.00638. The third kappa shape index (κ3) is 6.03. The van der Waals surface area contributed by atoms with E-state index in [0.29, 0.717) is 18.3 Å². The van der Waals surface area contributed by atoms with Gasteiger partial charge in [-0.2, -0.15) is 0 Å². The van der Waals surface area contributed by atoms with Crippen LogP contribution in [0.1, 0.15) is 52.8 Å². The molecule has 3 N–H and O–H groups in total. The summed E-state index contributed by atoms with van der Waals surface area (Å²) in [7, 11) is 0. The number of hydrogen-bond acceptors (Lipinski definition) is 4. The minimum atomic E-state index is -0.585.